The summed E-state index contributed by atoms with van der Waals surface area (Å²) < 4.78 is 26.9. The monoisotopic (exact) mass is 1010 g/mol. The van der Waals surface area contributed by atoms with Crippen molar-refractivity contribution in [1.29, 1.82) is 0 Å². The molecule has 6 aromatic rings. The molecule has 1 aromatic heterocycles. The number of ketones is 1. The molecule has 392 valence electrons. The van der Waals surface area contributed by atoms with E-state index in [-0.39, 0.29) is 73.1 Å². The highest BCUT2D eigenvalue weighted by molar-refractivity contribution is 6.05. The lowest BCUT2D eigenvalue weighted by atomic mass is 9.71. The molecule has 5 heterocycles. The molecular formula is C61H70N6O8. The molecule has 0 amide bonds. The van der Waals surface area contributed by atoms with E-state index in [4.69, 9.17) is 40.4 Å². The third-order valence-electron chi connectivity index (χ3n) is 15.6. The lowest BCUT2D eigenvalue weighted by Gasteiger charge is -2.54. The molecular weight excluding hydrogens is 945 g/mol. The molecule has 9 N–H and O–H groups in total. The van der Waals surface area contributed by atoms with Gasteiger partial charge in [-0.05, 0) is 127 Å². The van der Waals surface area contributed by atoms with Gasteiger partial charge in [0.25, 0.3) is 0 Å². The van der Waals surface area contributed by atoms with Crippen LogP contribution in [0.4, 0.5) is 11.5 Å². The maximum atomic E-state index is 12.3. The third kappa shape index (κ3) is 10.8. The number of piperazine rings is 1. The fourth-order valence-electron chi connectivity index (χ4n) is 11.8. The van der Waals surface area contributed by atoms with E-state index in [1.807, 2.05) is 36.4 Å². The van der Waals surface area contributed by atoms with Crippen molar-refractivity contribution in [3.63, 3.8) is 0 Å². The Kier molecular flexibility index (Phi) is 15.5. The van der Waals surface area contributed by atoms with Crippen molar-refractivity contribution in [2.75, 3.05) is 51.5 Å². The molecule has 1 saturated carbocycles. The van der Waals surface area contributed by atoms with E-state index >= 15 is 0 Å². The summed E-state index contributed by atoms with van der Waals surface area (Å²) in [6, 6.07) is 34.1. The molecule has 1 spiro atoms. The number of carbonyl (C=O) groups excluding carboxylic acids is 1. The number of aliphatic hydroxyl groups is 2. The molecule has 14 heteroatoms. The van der Waals surface area contributed by atoms with Crippen molar-refractivity contribution in [2.24, 2.45) is 22.4 Å². The smallest absolute Gasteiger partial charge is 0.335 e. The van der Waals surface area contributed by atoms with Gasteiger partial charge in [0.05, 0.1) is 32.1 Å². The maximum Gasteiger partial charge on any atom is 0.335 e. The molecule has 11 rings (SSSR count). The Morgan fingerprint density at radius 3 is 2.55 bits per heavy atom. The van der Waals surface area contributed by atoms with Crippen LogP contribution < -0.4 is 45.6 Å². The standard InChI is InChI=1S/C61H69N6O8/c1-3-45-33-49-42-13-9-12-39(30-42)15-23-48-55-54(51(71)34-52(75-55)41-17-21-46(69)22-18-41)57(73-29-24-47(70)20-14-38-10-5-4-6-11-38)58(72-2)56(48)74-37-40(36-68)31-43-16-19-44(32-50(43)66-60(62)63)61(25-7-8-26-61)53-35-64-27-28-67(53)59(49)65-45/h4-6,9-14,16-22,30,32-33,40,47,52-53,64,68-70H,3,7-8,15,23-29,31,34-37H2,1-2H3,(H4,62,63,66)/q-1/p+1. The van der Waals surface area contributed by atoms with Gasteiger partial charge < -0.3 is 60.9 Å². The zero-order chi connectivity index (χ0) is 52.1. The number of nitrogens with two attached hydrogens (primary N) is 2. The van der Waals surface area contributed by atoms with Crippen molar-refractivity contribution in [1.82, 2.24) is 10.3 Å². The number of phenolic OH excluding ortho intramolecular Hbond substituents is 1. The Morgan fingerprint density at radius 2 is 1.79 bits per heavy atom. The number of guanidine groups is 1. The summed E-state index contributed by atoms with van der Waals surface area (Å²) in [4.78, 5) is 25.0. The normalized spacial score (nSPS) is 19.8. The van der Waals surface area contributed by atoms with Crippen molar-refractivity contribution in [2.45, 2.75) is 94.8 Å². The number of methoxy groups -OCH3 is 1. The number of benzene rings is 5. The van der Waals surface area contributed by atoms with Gasteiger partial charge in [0.15, 0.2) is 23.0 Å². The number of ether oxygens (including phenoxy) is 4. The van der Waals surface area contributed by atoms with E-state index in [1.54, 1.807) is 37.5 Å². The molecule has 4 atom stereocenters. The number of aliphatic imine (C=N–C) groups is 1. The second-order valence-corrected chi connectivity index (χ2v) is 20.5. The number of nitrogens with zero attached hydrogens (tertiary/aromatic N) is 3. The van der Waals surface area contributed by atoms with Crippen molar-refractivity contribution < 1.29 is 39.1 Å². The zero-order valence-corrected chi connectivity index (χ0v) is 43.0. The van der Waals surface area contributed by atoms with Crippen LogP contribution in [0.1, 0.15) is 96.2 Å². The fraction of sp³-hybridized carbons (Fsp3) is 0.377. The van der Waals surface area contributed by atoms with Crippen LogP contribution in [0.5, 0.6) is 28.7 Å². The number of phenols is 1. The summed E-state index contributed by atoms with van der Waals surface area (Å²) in [5, 5.41) is 36.3. The van der Waals surface area contributed by atoms with Crippen LogP contribution in [0.3, 0.4) is 0 Å². The quantitative estimate of drug-likeness (QED) is 0.0411. The Hall–Kier alpha value is -7.26. The number of hydrogen-bond donors (Lipinski definition) is 6. The second kappa shape index (κ2) is 22.7. The predicted octanol–water partition coefficient (Wildman–Crippen LogP) is 8.37. The number of aryl methyl sites for hydroxylation is 2. The molecule has 2 fully saturated rings. The molecule has 5 aliphatic rings. The van der Waals surface area contributed by atoms with Crippen molar-refractivity contribution >= 4 is 29.3 Å². The Morgan fingerprint density at radius 1 is 0.973 bits per heavy atom. The second-order valence-electron chi connectivity index (χ2n) is 20.5. The summed E-state index contributed by atoms with van der Waals surface area (Å²) in [7, 11) is 1.54. The molecule has 0 radical (unpaired) electrons. The molecule has 75 heavy (non-hydrogen) atoms. The van der Waals surface area contributed by atoms with Gasteiger partial charge in [0.2, 0.25) is 5.75 Å². The van der Waals surface area contributed by atoms with E-state index in [0.29, 0.717) is 47.6 Å². The van der Waals surface area contributed by atoms with E-state index < -0.39 is 18.1 Å². The summed E-state index contributed by atoms with van der Waals surface area (Å²) in [5.74, 6) is 1.83. The van der Waals surface area contributed by atoms with Crippen molar-refractivity contribution in [3.05, 3.63) is 154 Å². The van der Waals surface area contributed by atoms with Crippen LogP contribution in [-0.2, 0) is 31.1 Å². The fourth-order valence-corrected chi connectivity index (χ4v) is 11.8. The minimum atomic E-state index is -0.835. The third-order valence-corrected chi connectivity index (χ3v) is 15.6. The topological polar surface area (TPSA) is 213 Å². The predicted molar refractivity (Wildman–Crippen MR) is 295 cm³/mol. The first-order valence-corrected chi connectivity index (χ1v) is 26.6. The average molecular weight is 1020 g/mol. The number of aliphatic hydroxyl groups excluding tert-OH is 2. The highest BCUT2D eigenvalue weighted by Gasteiger charge is 2.45. The lowest BCUT2D eigenvalue weighted by Crippen LogP contribution is -2.60. The van der Waals surface area contributed by atoms with E-state index in [9.17, 15) is 20.1 Å². The van der Waals surface area contributed by atoms with E-state index in [0.717, 1.165) is 96.6 Å². The first-order valence-electron chi connectivity index (χ1n) is 26.6. The van der Waals surface area contributed by atoms with Gasteiger partial charge in [-0.2, -0.15) is 0 Å². The first-order chi connectivity index (χ1) is 36.5. The van der Waals surface area contributed by atoms with Gasteiger partial charge in [-0.25, -0.2) is 4.99 Å². The Bertz CT molecular complexity index is 3030. The van der Waals surface area contributed by atoms with Gasteiger partial charge in [0.1, 0.15) is 24.0 Å². The van der Waals surface area contributed by atoms with E-state index in [1.165, 1.54) is 5.56 Å². The van der Waals surface area contributed by atoms with Gasteiger partial charge in [-0.15, -0.1) is 0 Å². The largest absolute Gasteiger partial charge is 0.508 e. The molecule has 4 bridgehead atoms. The highest BCUT2D eigenvalue weighted by atomic mass is 16.5. The first kappa shape index (κ1) is 51.2. The minimum absolute atomic E-state index is 0.0286. The average Bonchev–Trinajstić information content (AvgIpc) is 4.11. The number of fused-ring (bicyclic) bond motifs is 7. The SMILES string of the molecule is CCc1cc2c([n-]1)N1CCNCC1C1(CCCC1)c1ccc(c(N=C(N)N)c1)CC(CO)COc1c(c3c(c(OCCC(O)C=Cc4ccccc4)c1OC)C(=[OH+])CC(c1ccc(O)cc1)O3)CCc1cccc-2c1. The minimum Gasteiger partial charge on any atom is -0.508 e. The van der Waals surface area contributed by atoms with Crippen molar-refractivity contribution in [3.8, 4) is 39.9 Å². The molecule has 1 saturated heterocycles. The van der Waals surface area contributed by atoms with E-state index in [2.05, 4.69) is 65.7 Å². The lowest BCUT2D eigenvalue weighted by molar-refractivity contribution is 0.153. The summed E-state index contributed by atoms with van der Waals surface area (Å²) in [6.45, 7) is 4.48. The summed E-state index contributed by atoms with van der Waals surface area (Å²) >= 11 is 0. The van der Waals surface area contributed by atoms with Crippen LogP contribution in [0, 0.1) is 5.92 Å². The number of anilines is 1. The zero-order valence-electron chi connectivity index (χ0n) is 43.0. The maximum absolute atomic E-state index is 12.3. The molecule has 5 aromatic carbocycles. The van der Waals surface area contributed by atoms with Crippen LogP contribution in [0.25, 0.3) is 17.2 Å². The van der Waals surface area contributed by atoms with Gasteiger partial charge >= 0.3 is 5.78 Å². The van der Waals surface area contributed by atoms with Crippen LogP contribution in [0.15, 0.2) is 114 Å². The number of hydrogen-bond acceptors (Lipinski definition) is 10. The van der Waals surface area contributed by atoms with Crippen LogP contribution in [0.2, 0.25) is 0 Å². The van der Waals surface area contributed by atoms with Gasteiger partial charge in [0, 0.05) is 24.5 Å². The van der Waals surface area contributed by atoms with Crippen LogP contribution in [-0.4, -0.2) is 90.6 Å². The molecule has 4 aliphatic heterocycles. The number of aromatic hydroxyl groups is 1. The van der Waals surface area contributed by atoms with Crippen LogP contribution >= 0.6 is 0 Å². The number of rotatable bonds is 11. The molecule has 14 nitrogen and oxygen atoms in total. The van der Waals surface area contributed by atoms with Gasteiger partial charge in [-0.3, -0.25) is 4.79 Å². The highest BCUT2D eigenvalue weighted by Crippen LogP contribution is 2.54. The summed E-state index contributed by atoms with van der Waals surface area (Å²) in [5.41, 5.74) is 21.8. The number of nitrogens with one attached hydrogen (secondary N) is 1. The summed E-state index contributed by atoms with van der Waals surface area (Å²) in [6.07, 6.45) is 8.81. The Balaban J connectivity index is 1.12. The molecule has 4 unspecified atom stereocenters. The van der Waals surface area contributed by atoms with Gasteiger partial charge in [-0.1, -0.05) is 128 Å². The molecule has 1 aliphatic carbocycles. The Labute approximate surface area is 439 Å². The number of aromatic nitrogens is 1.